The number of aromatic nitrogens is 2. The second-order valence-corrected chi connectivity index (χ2v) is 4.80. The standard InChI is InChI=1S/C16H17N3O3/c1-21-11-5-6-13(22-2)12(8-11)14-15(17)19-7-3-4-10(9-20)16(19)18-14/h3-8,20H,9,17H2,1-2H3. The van der Waals surface area contributed by atoms with E-state index in [2.05, 4.69) is 4.98 Å². The molecule has 0 radical (unpaired) electrons. The van der Waals surface area contributed by atoms with Gasteiger partial charge >= 0.3 is 0 Å². The van der Waals surface area contributed by atoms with Crippen LogP contribution in [0.25, 0.3) is 16.9 Å². The van der Waals surface area contributed by atoms with Crippen molar-refractivity contribution in [3.05, 3.63) is 42.1 Å². The number of fused-ring (bicyclic) bond motifs is 1. The fourth-order valence-electron chi connectivity index (χ4n) is 2.46. The maximum absolute atomic E-state index is 9.45. The molecule has 0 aliphatic heterocycles. The van der Waals surface area contributed by atoms with E-state index in [9.17, 15) is 5.11 Å². The van der Waals surface area contributed by atoms with Crippen LogP contribution in [0.15, 0.2) is 36.5 Å². The van der Waals surface area contributed by atoms with E-state index in [0.717, 1.165) is 5.56 Å². The summed E-state index contributed by atoms with van der Waals surface area (Å²) in [5, 5.41) is 9.45. The van der Waals surface area contributed by atoms with Crippen LogP contribution < -0.4 is 15.2 Å². The molecule has 114 valence electrons. The van der Waals surface area contributed by atoms with Crippen molar-refractivity contribution in [3.63, 3.8) is 0 Å². The summed E-state index contributed by atoms with van der Waals surface area (Å²) in [7, 11) is 3.19. The zero-order valence-corrected chi connectivity index (χ0v) is 12.4. The maximum Gasteiger partial charge on any atom is 0.144 e. The van der Waals surface area contributed by atoms with Gasteiger partial charge < -0.3 is 20.3 Å². The van der Waals surface area contributed by atoms with E-state index in [1.807, 2.05) is 36.5 Å². The summed E-state index contributed by atoms with van der Waals surface area (Å²) in [5.74, 6) is 1.83. The number of pyridine rings is 1. The van der Waals surface area contributed by atoms with Gasteiger partial charge in [0.15, 0.2) is 0 Å². The molecule has 0 fully saturated rings. The molecule has 6 heteroatoms. The Morgan fingerprint density at radius 3 is 2.73 bits per heavy atom. The second kappa shape index (κ2) is 5.57. The molecule has 3 N–H and O–H groups in total. The minimum Gasteiger partial charge on any atom is -0.497 e. The lowest BCUT2D eigenvalue weighted by atomic mass is 10.1. The van der Waals surface area contributed by atoms with Gasteiger partial charge in [-0.25, -0.2) is 4.98 Å². The molecule has 3 rings (SSSR count). The summed E-state index contributed by atoms with van der Waals surface area (Å²) in [6, 6.07) is 9.09. The molecule has 2 heterocycles. The molecule has 0 aliphatic carbocycles. The average molecular weight is 299 g/mol. The van der Waals surface area contributed by atoms with Gasteiger partial charge in [-0.15, -0.1) is 0 Å². The SMILES string of the molecule is COc1ccc(OC)c(-c2nc3c(CO)cccn3c2N)c1. The molecule has 1 aromatic carbocycles. The second-order valence-electron chi connectivity index (χ2n) is 4.80. The Balaban J connectivity index is 2.28. The number of ether oxygens (including phenoxy) is 2. The van der Waals surface area contributed by atoms with E-state index < -0.39 is 0 Å². The Morgan fingerprint density at radius 1 is 1.23 bits per heavy atom. The molecular formula is C16H17N3O3. The number of nitrogen functional groups attached to an aromatic ring is 1. The summed E-state index contributed by atoms with van der Waals surface area (Å²) in [4.78, 5) is 4.58. The number of benzene rings is 1. The number of aliphatic hydroxyl groups is 1. The van der Waals surface area contributed by atoms with Crippen LogP contribution in [0.1, 0.15) is 5.56 Å². The minimum atomic E-state index is -0.102. The Kier molecular flexibility index (Phi) is 3.60. The molecular weight excluding hydrogens is 282 g/mol. The first-order valence-electron chi connectivity index (χ1n) is 6.78. The zero-order chi connectivity index (χ0) is 15.7. The van der Waals surface area contributed by atoms with Crippen LogP contribution in [0, 0.1) is 0 Å². The lowest BCUT2D eigenvalue weighted by molar-refractivity contribution is 0.282. The first-order valence-corrected chi connectivity index (χ1v) is 6.78. The van der Waals surface area contributed by atoms with Crippen molar-refractivity contribution < 1.29 is 14.6 Å². The third-order valence-electron chi connectivity index (χ3n) is 3.60. The largest absolute Gasteiger partial charge is 0.497 e. The number of anilines is 1. The first-order chi connectivity index (χ1) is 10.7. The number of imidazole rings is 1. The molecule has 2 aromatic heterocycles. The third-order valence-corrected chi connectivity index (χ3v) is 3.60. The fraction of sp³-hybridized carbons (Fsp3) is 0.188. The van der Waals surface area contributed by atoms with Crippen molar-refractivity contribution in [1.29, 1.82) is 0 Å². The highest BCUT2D eigenvalue weighted by Crippen LogP contribution is 2.36. The van der Waals surface area contributed by atoms with Gasteiger partial charge in [-0.05, 0) is 24.3 Å². The number of nitrogens with zero attached hydrogens (tertiary/aromatic N) is 2. The number of aliphatic hydroxyl groups excluding tert-OH is 1. The smallest absolute Gasteiger partial charge is 0.144 e. The van der Waals surface area contributed by atoms with E-state index in [-0.39, 0.29) is 6.61 Å². The van der Waals surface area contributed by atoms with Gasteiger partial charge in [-0.3, -0.25) is 4.40 Å². The number of rotatable bonds is 4. The Morgan fingerprint density at radius 2 is 2.05 bits per heavy atom. The summed E-state index contributed by atoms with van der Waals surface area (Å²) < 4.78 is 12.4. The van der Waals surface area contributed by atoms with Crippen LogP contribution in [-0.2, 0) is 6.61 Å². The molecule has 0 unspecified atom stereocenters. The van der Waals surface area contributed by atoms with Crippen LogP contribution >= 0.6 is 0 Å². The fourth-order valence-corrected chi connectivity index (χ4v) is 2.46. The molecule has 3 aromatic rings. The first kappa shape index (κ1) is 14.2. The summed E-state index contributed by atoms with van der Waals surface area (Å²) >= 11 is 0. The molecule has 0 atom stereocenters. The highest BCUT2D eigenvalue weighted by atomic mass is 16.5. The molecule has 0 amide bonds. The maximum atomic E-state index is 9.45. The summed E-state index contributed by atoms with van der Waals surface area (Å²) in [6.07, 6.45) is 1.81. The Labute approximate surface area is 127 Å². The van der Waals surface area contributed by atoms with Crippen molar-refractivity contribution >= 4 is 11.5 Å². The molecule has 22 heavy (non-hydrogen) atoms. The van der Waals surface area contributed by atoms with Crippen LogP contribution in [0.5, 0.6) is 11.5 Å². The van der Waals surface area contributed by atoms with Gasteiger partial charge in [0.25, 0.3) is 0 Å². The van der Waals surface area contributed by atoms with Crippen molar-refractivity contribution in [1.82, 2.24) is 9.38 Å². The lowest BCUT2D eigenvalue weighted by Crippen LogP contribution is -1.96. The van der Waals surface area contributed by atoms with Crippen molar-refractivity contribution in [2.45, 2.75) is 6.61 Å². The molecule has 0 aliphatic rings. The summed E-state index contributed by atoms with van der Waals surface area (Å²) in [5.41, 5.74) is 8.91. The van der Waals surface area contributed by atoms with Gasteiger partial charge in [0.1, 0.15) is 28.7 Å². The predicted molar refractivity (Wildman–Crippen MR) is 84.1 cm³/mol. The topological polar surface area (TPSA) is 82.0 Å². The monoisotopic (exact) mass is 299 g/mol. The zero-order valence-electron chi connectivity index (χ0n) is 12.4. The lowest BCUT2D eigenvalue weighted by Gasteiger charge is -2.09. The minimum absolute atomic E-state index is 0.102. The van der Waals surface area contributed by atoms with Crippen molar-refractivity contribution in [2.75, 3.05) is 20.0 Å². The van der Waals surface area contributed by atoms with Crippen LogP contribution in [0.3, 0.4) is 0 Å². The molecule has 0 saturated heterocycles. The number of hydrogen-bond donors (Lipinski definition) is 2. The summed E-state index contributed by atoms with van der Waals surface area (Å²) in [6.45, 7) is -0.102. The highest BCUT2D eigenvalue weighted by Gasteiger charge is 2.17. The number of hydrogen-bond acceptors (Lipinski definition) is 5. The Bertz CT molecular complexity index is 827. The van der Waals surface area contributed by atoms with E-state index >= 15 is 0 Å². The van der Waals surface area contributed by atoms with Crippen molar-refractivity contribution in [2.24, 2.45) is 0 Å². The number of nitrogens with two attached hydrogens (primary N) is 1. The van der Waals surface area contributed by atoms with Gasteiger partial charge in [-0.2, -0.15) is 0 Å². The Hall–Kier alpha value is -2.73. The van der Waals surface area contributed by atoms with E-state index in [0.29, 0.717) is 34.2 Å². The van der Waals surface area contributed by atoms with E-state index in [4.69, 9.17) is 15.2 Å². The molecule has 6 nitrogen and oxygen atoms in total. The quantitative estimate of drug-likeness (QED) is 0.771. The van der Waals surface area contributed by atoms with Crippen LogP contribution in [0.4, 0.5) is 5.82 Å². The third kappa shape index (κ3) is 2.14. The van der Waals surface area contributed by atoms with Crippen LogP contribution in [0.2, 0.25) is 0 Å². The molecule has 0 bridgehead atoms. The van der Waals surface area contributed by atoms with E-state index in [1.165, 1.54) is 0 Å². The van der Waals surface area contributed by atoms with E-state index in [1.54, 1.807) is 18.6 Å². The normalized spacial score (nSPS) is 10.9. The van der Waals surface area contributed by atoms with Gasteiger partial charge in [0.2, 0.25) is 0 Å². The van der Waals surface area contributed by atoms with Gasteiger partial charge in [0.05, 0.1) is 20.8 Å². The average Bonchev–Trinajstić information content (AvgIpc) is 2.91. The molecule has 0 spiro atoms. The number of methoxy groups -OCH3 is 2. The van der Waals surface area contributed by atoms with Crippen molar-refractivity contribution in [3.8, 4) is 22.8 Å². The highest BCUT2D eigenvalue weighted by molar-refractivity contribution is 5.80. The van der Waals surface area contributed by atoms with Gasteiger partial charge in [-0.1, -0.05) is 6.07 Å². The molecule has 0 saturated carbocycles. The predicted octanol–water partition coefficient (Wildman–Crippen LogP) is 2.09. The van der Waals surface area contributed by atoms with Crippen LogP contribution in [-0.4, -0.2) is 28.7 Å². The van der Waals surface area contributed by atoms with Gasteiger partial charge in [0, 0.05) is 17.3 Å².